The summed E-state index contributed by atoms with van der Waals surface area (Å²) in [5.74, 6) is 0. The molecule has 1 aromatic heterocycles. The van der Waals surface area contributed by atoms with Crippen molar-refractivity contribution in [3.8, 4) is 16.8 Å². The van der Waals surface area contributed by atoms with Gasteiger partial charge in [-0.05, 0) is 107 Å². The molecule has 0 saturated heterocycles. The van der Waals surface area contributed by atoms with Crippen molar-refractivity contribution in [2.75, 3.05) is 11.4 Å². The Labute approximate surface area is 328 Å². The van der Waals surface area contributed by atoms with Gasteiger partial charge in [-0.3, -0.25) is 5.32 Å². The summed E-state index contributed by atoms with van der Waals surface area (Å²) in [4.78, 5) is 2.45. The number of rotatable bonds is 6. The van der Waals surface area contributed by atoms with E-state index in [1.54, 1.807) is 0 Å². The van der Waals surface area contributed by atoms with Gasteiger partial charge in [0.1, 0.15) is 6.17 Å². The lowest BCUT2D eigenvalue weighted by Crippen LogP contribution is -2.37. The molecule has 0 spiro atoms. The van der Waals surface area contributed by atoms with E-state index in [0.29, 0.717) is 0 Å². The molecule has 7 aromatic carbocycles. The van der Waals surface area contributed by atoms with E-state index in [-0.39, 0.29) is 12.2 Å². The fourth-order valence-corrected chi connectivity index (χ4v) is 8.47. The highest BCUT2D eigenvalue weighted by Gasteiger charge is 2.22. The van der Waals surface area contributed by atoms with E-state index in [0.717, 1.165) is 12.2 Å². The molecule has 10 rings (SSSR count). The predicted octanol–water partition coefficient (Wildman–Crippen LogP) is 12.5. The molecular weight excluding hydrogens is 681 g/mol. The molecule has 0 aliphatic carbocycles. The molecule has 0 fully saturated rings. The van der Waals surface area contributed by atoms with Gasteiger partial charge >= 0.3 is 0 Å². The van der Waals surface area contributed by atoms with Crippen LogP contribution in [0.3, 0.4) is 0 Å². The van der Waals surface area contributed by atoms with E-state index < -0.39 is 0 Å². The maximum atomic E-state index is 3.85. The molecule has 0 saturated carbocycles. The molecule has 0 bridgehead atoms. The predicted molar refractivity (Wildman–Crippen MR) is 235 cm³/mol. The third-order valence-electron chi connectivity index (χ3n) is 11.3. The fourth-order valence-electron chi connectivity index (χ4n) is 8.47. The minimum absolute atomic E-state index is 0.0405. The Hall–Kier alpha value is -6.88. The number of anilines is 2. The average molecular weight is 723 g/mol. The van der Waals surface area contributed by atoms with Crippen LogP contribution in [0.5, 0.6) is 0 Å². The summed E-state index contributed by atoms with van der Waals surface area (Å²) in [5.41, 5.74) is 15.8. The van der Waals surface area contributed by atoms with Crippen LogP contribution in [0.15, 0.2) is 200 Å². The van der Waals surface area contributed by atoms with Crippen molar-refractivity contribution in [2.45, 2.75) is 19.1 Å². The van der Waals surface area contributed by atoms with Crippen LogP contribution >= 0.6 is 0 Å². The maximum absolute atomic E-state index is 3.85. The normalized spacial score (nSPS) is 18.6. The largest absolute Gasteiger partial charge is 0.372 e. The zero-order valence-corrected chi connectivity index (χ0v) is 31.3. The number of nitrogens with zero attached hydrogens (tertiary/aromatic N) is 2. The average Bonchev–Trinajstić information content (AvgIpc) is 3.60. The Bertz CT molecular complexity index is 2790. The van der Waals surface area contributed by atoms with Gasteiger partial charge in [-0.15, -0.1) is 0 Å². The lowest BCUT2D eigenvalue weighted by atomic mass is 9.95. The number of aromatic nitrogens is 1. The quantitative estimate of drug-likeness (QED) is 0.179. The first kappa shape index (κ1) is 33.7. The van der Waals surface area contributed by atoms with Gasteiger partial charge < -0.3 is 14.8 Å². The summed E-state index contributed by atoms with van der Waals surface area (Å²) in [7, 11) is 0. The molecule has 56 heavy (non-hydrogen) atoms. The van der Waals surface area contributed by atoms with Gasteiger partial charge in [-0.25, -0.2) is 0 Å². The smallest absolute Gasteiger partial charge is 0.104 e. The van der Waals surface area contributed by atoms with Crippen LogP contribution in [-0.2, 0) is 0 Å². The molecule has 2 aliphatic rings. The van der Waals surface area contributed by atoms with Crippen LogP contribution in [0.2, 0.25) is 0 Å². The van der Waals surface area contributed by atoms with Gasteiger partial charge in [0.15, 0.2) is 0 Å². The topological polar surface area (TPSA) is 32.2 Å². The summed E-state index contributed by atoms with van der Waals surface area (Å²) >= 11 is 0. The SMILES string of the molecule is C/C1=C\C(c2ccc3c(c2)c2ccccc2n3-c2ccccc2)=C/CN(c2cccc(C3NC=CC(c4ccc(-c5ccccc5)cc4)N3)c2)c2ccccc21. The Morgan fingerprint density at radius 2 is 1.25 bits per heavy atom. The number of allylic oxidation sites excluding steroid dienone is 3. The Balaban J connectivity index is 0.978. The molecule has 0 radical (unpaired) electrons. The minimum Gasteiger partial charge on any atom is -0.372 e. The van der Waals surface area contributed by atoms with E-state index in [1.807, 2.05) is 0 Å². The Kier molecular flexibility index (Phi) is 8.66. The fraction of sp³-hybridized carbons (Fsp3) is 0.0769. The van der Waals surface area contributed by atoms with Gasteiger partial charge in [0.25, 0.3) is 0 Å². The number of nitrogens with one attached hydrogen (secondary N) is 2. The first-order valence-electron chi connectivity index (χ1n) is 19.5. The summed E-state index contributed by atoms with van der Waals surface area (Å²) in [6.45, 7) is 2.96. The third kappa shape index (κ3) is 6.20. The number of hydrogen-bond donors (Lipinski definition) is 2. The van der Waals surface area contributed by atoms with Crippen molar-refractivity contribution in [1.29, 1.82) is 0 Å². The van der Waals surface area contributed by atoms with Gasteiger partial charge in [0.05, 0.1) is 17.1 Å². The highest BCUT2D eigenvalue weighted by Crippen LogP contribution is 2.39. The zero-order chi connectivity index (χ0) is 37.4. The second-order valence-corrected chi connectivity index (χ2v) is 14.7. The first-order valence-corrected chi connectivity index (χ1v) is 19.5. The molecule has 2 aliphatic heterocycles. The highest BCUT2D eigenvalue weighted by molar-refractivity contribution is 6.10. The molecule has 2 N–H and O–H groups in total. The van der Waals surface area contributed by atoms with Crippen molar-refractivity contribution in [1.82, 2.24) is 15.2 Å². The van der Waals surface area contributed by atoms with Crippen LogP contribution in [0, 0.1) is 0 Å². The van der Waals surface area contributed by atoms with Crippen molar-refractivity contribution in [3.63, 3.8) is 0 Å². The van der Waals surface area contributed by atoms with Crippen molar-refractivity contribution < 1.29 is 0 Å². The van der Waals surface area contributed by atoms with Crippen LogP contribution in [0.25, 0.3) is 49.8 Å². The van der Waals surface area contributed by atoms with Crippen LogP contribution in [0.1, 0.15) is 41.4 Å². The Morgan fingerprint density at radius 3 is 2.11 bits per heavy atom. The van der Waals surface area contributed by atoms with E-state index in [1.165, 1.54) is 77.7 Å². The molecule has 8 aromatic rings. The summed E-state index contributed by atoms with van der Waals surface area (Å²) < 4.78 is 2.38. The van der Waals surface area contributed by atoms with E-state index >= 15 is 0 Å². The zero-order valence-electron chi connectivity index (χ0n) is 31.3. The molecule has 270 valence electrons. The molecule has 2 atom stereocenters. The van der Waals surface area contributed by atoms with Crippen molar-refractivity contribution in [2.24, 2.45) is 0 Å². The van der Waals surface area contributed by atoms with Gasteiger partial charge in [-0.1, -0.05) is 140 Å². The summed E-state index contributed by atoms with van der Waals surface area (Å²) in [6, 6.07) is 63.7. The minimum atomic E-state index is -0.0405. The van der Waals surface area contributed by atoms with E-state index in [2.05, 4.69) is 227 Å². The number of hydrogen-bond acceptors (Lipinski definition) is 3. The second-order valence-electron chi connectivity index (χ2n) is 14.7. The van der Waals surface area contributed by atoms with Crippen molar-refractivity contribution >= 4 is 44.3 Å². The molecule has 4 heteroatoms. The summed E-state index contributed by atoms with van der Waals surface area (Å²) in [5, 5.41) is 9.96. The summed E-state index contributed by atoms with van der Waals surface area (Å²) in [6.07, 6.45) is 9.00. The van der Waals surface area contributed by atoms with Gasteiger partial charge in [0, 0.05) is 39.9 Å². The van der Waals surface area contributed by atoms with Crippen LogP contribution in [0.4, 0.5) is 11.4 Å². The monoisotopic (exact) mass is 722 g/mol. The standard InChI is InChI=1S/C52H42N4/c1-36-33-41(40-27-28-51-47(35-40)46-20-9-11-22-50(46)56(51)43-16-6-3-7-17-43)30-32-55(49-21-10-8-19-45(36)49)44-18-12-15-42(34-44)52-53-31-29-48(54-52)39-25-23-38(24-26-39)37-13-4-2-5-14-37/h2-31,33-35,48,52-54H,32H2,1H3/b36-33+,41-30+. The first-order chi connectivity index (χ1) is 27.7. The Morgan fingerprint density at radius 1 is 0.554 bits per heavy atom. The van der Waals surface area contributed by atoms with Crippen LogP contribution in [-0.4, -0.2) is 11.1 Å². The van der Waals surface area contributed by atoms with Gasteiger partial charge in [0.2, 0.25) is 0 Å². The highest BCUT2D eigenvalue weighted by atomic mass is 15.2. The van der Waals surface area contributed by atoms with Crippen molar-refractivity contribution in [3.05, 3.63) is 223 Å². The van der Waals surface area contributed by atoms with Gasteiger partial charge in [-0.2, -0.15) is 0 Å². The second kappa shape index (κ2) is 14.4. The number of para-hydroxylation sites is 3. The molecule has 0 amide bonds. The molecule has 2 unspecified atom stereocenters. The van der Waals surface area contributed by atoms with E-state index in [4.69, 9.17) is 0 Å². The molecule has 3 heterocycles. The third-order valence-corrected chi connectivity index (χ3v) is 11.3. The number of benzene rings is 7. The van der Waals surface area contributed by atoms with E-state index in [9.17, 15) is 0 Å². The molecule has 4 nitrogen and oxygen atoms in total. The van der Waals surface area contributed by atoms with Crippen LogP contribution < -0.4 is 15.5 Å². The lowest BCUT2D eigenvalue weighted by molar-refractivity contribution is 0.433. The number of fused-ring (bicyclic) bond motifs is 4. The molecular formula is C52H42N4. The lowest BCUT2D eigenvalue weighted by Gasteiger charge is -2.31. The maximum Gasteiger partial charge on any atom is 0.104 e.